The zero-order valence-corrected chi connectivity index (χ0v) is 14.7. The minimum absolute atomic E-state index is 0.0717. The van der Waals surface area contributed by atoms with E-state index < -0.39 is 0 Å². The van der Waals surface area contributed by atoms with Crippen molar-refractivity contribution in [3.05, 3.63) is 34.7 Å². The molecule has 0 aromatic carbocycles. The lowest BCUT2D eigenvalue weighted by Gasteiger charge is -2.11. The average molecular weight is 320 g/mol. The molecule has 0 radical (unpaired) electrons. The van der Waals surface area contributed by atoms with E-state index in [2.05, 4.69) is 29.5 Å². The molecule has 0 saturated carbocycles. The van der Waals surface area contributed by atoms with Gasteiger partial charge in [-0.05, 0) is 32.3 Å². The Labute approximate surface area is 140 Å². The number of pyridine rings is 1. The first-order chi connectivity index (χ1) is 11.3. The van der Waals surface area contributed by atoms with Gasteiger partial charge in [-0.25, -0.2) is 0 Å². The lowest BCUT2D eigenvalue weighted by Crippen LogP contribution is -2.38. The van der Waals surface area contributed by atoms with Crippen LogP contribution < -0.4 is 16.2 Å². The maximum Gasteiger partial charge on any atom is 0.250 e. The Bertz CT molecular complexity index is 496. The fourth-order valence-corrected chi connectivity index (χ4v) is 2.33. The van der Waals surface area contributed by atoms with Crippen LogP contribution in [0.3, 0.4) is 0 Å². The SMILES string of the molecule is CCCCCCN=C(NCC)NCCCCn1ccccc1=O. The van der Waals surface area contributed by atoms with Gasteiger partial charge >= 0.3 is 0 Å². The van der Waals surface area contributed by atoms with E-state index in [4.69, 9.17) is 0 Å². The average Bonchev–Trinajstić information content (AvgIpc) is 2.55. The van der Waals surface area contributed by atoms with E-state index in [0.29, 0.717) is 0 Å². The summed E-state index contributed by atoms with van der Waals surface area (Å²) in [4.78, 5) is 16.2. The van der Waals surface area contributed by atoms with Gasteiger partial charge < -0.3 is 15.2 Å². The minimum Gasteiger partial charge on any atom is -0.357 e. The van der Waals surface area contributed by atoms with E-state index >= 15 is 0 Å². The van der Waals surface area contributed by atoms with Gasteiger partial charge in [-0.2, -0.15) is 0 Å². The van der Waals surface area contributed by atoms with Crippen LogP contribution in [0, 0.1) is 0 Å². The quantitative estimate of drug-likeness (QED) is 0.374. The highest BCUT2D eigenvalue weighted by Gasteiger charge is 1.98. The van der Waals surface area contributed by atoms with Crippen molar-refractivity contribution in [1.29, 1.82) is 0 Å². The largest absolute Gasteiger partial charge is 0.357 e. The molecule has 130 valence electrons. The molecule has 1 rings (SSSR count). The smallest absolute Gasteiger partial charge is 0.250 e. The van der Waals surface area contributed by atoms with E-state index in [1.54, 1.807) is 16.7 Å². The summed E-state index contributed by atoms with van der Waals surface area (Å²) in [6.45, 7) is 7.71. The molecule has 0 unspecified atom stereocenters. The van der Waals surface area contributed by atoms with Crippen LogP contribution in [0.15, 0.2) is 34.2 Å². The summed E-state index contributed by atoms with van der Waals surface area (Å²) in [5.41, 5.74) is 0.0717. The normalized spacial score (nSPS) is 11.5. The van der Waals surface area contributed by atoms with E-state index in [1.165, 1.54) is 19.3 Å². The van der Waals surface area contributed by atoms with Gasteiger partial charge in [0.05, 0.1) is 0 Å². The Morgan fingerprint density at radius 3 is 2.70 bits per heavy atom. The van der Waals surface area contributed by atoms with E-state index in [-0.39, 0.29) is 5.56 Å². The molecule has 0 bridgehead atoms. The Balaban J connectivity index is 2.20. The molecule has 23 heavy (non-hydrogen) atoms. The molecule has 5 nitrogen and oxygen atoms in total. The number of aromatic nitrogens is 1. The number of nitrogens with zero attached hydrogens (tertiary/aromatic N) is 2. The third-order valence-corrected chi connectivity index (χ3v) is 3.64. The minimum atomic E-state index is 0.0717. The van der Waals surface area contributed by atoms with Crippen molar-refractivity contribution in [2.45, 2.75) is 58.9 Å². The monoisotopic (exact) mass is 320 g/mol. The van der Waals surface area contributed by atoms with Crippen LogP contribution in [0.5, 0.6) is 0 Å². The zero-order chi connectivity index (χ0) is 16.8. The number of unbranched alkanes of at least 4 members (excludes halogenated alkanes) is 4. The Kier molecular flexibility index (Phi) is 10.7. The molecule has 0 spiro atoms. The predicted molar refractivity (Wildman–Crippen MR) is 98.1 cm³/mol. The summed E-state index contributed by atoms with van der Waals surface area (Å²) < 4.78 is 1.76. The highest BCUT2D eigenvalue weighted by Crippen LogP contribution is 1.98. The molecule has 1 aromatic heterocycles. The Morgan fingerprint density at radius 2 is 1.96 bits per heavy atom. The number of aliphatic imine (C=N–C) groups is 1. The van der Waals surface area contributed by atoms with Gasteiger partial charge in [-0.1, -0.05) is 32.3 Å². The maximum absolute atomic E-state index is 11.6. The van der Waals surface area contributed by atoms with Crippen LogP contribution >= 0.6 is 0 Å². The van der Waals surface area contributed by atoms with Crippen LogP contribution in [0.25, 0.3) is 0 Å². The second-order valence-corrected chi connectivity index (χ2v) is 5.69. The van der Waals surface area contributed by atoms with Gasteiger partial charge in [0, 0.05) is 38.4 Å². The number of guanidine groups is 1. The van der Waals surface area contributed by atoms with Crippen molar-refractivity contribution in [2.75, 3.05) is 19.6 Å². The molecular weight excluding hydrogens is 288 g/mol. The van der Waals surface area contributed by atoms with E-state index in [0.717, 1.165) is 51.4 Å². The summed E-state index contributed by atoms with van der Waals surface area (Å²) in [7, 11) is 0. The lowest BCUT2D eigenvalue weighted by atomic mass is 10.2. The first-order valence-electron chi connectivity index (χ1n) is 8.95. The first-order valence-corrected chi connectivity index (χ1v) is 8.95. The Hall–Kier alpha value is -1.78. The highest BCUT2D eigenvalue weighted by molar-refractivity contribution is 5.79. The van der Waals surface area contributed by atoms with E-state index in [9.17, 15) is 4.79 Å². The van der Waals surface area contributed by atoms with Gasteiger partial charge in [-0.3, -0.25) is 9.79 Å². The number of nitrogens with one attached hydrogen (secondary N) is 2. The number of aryl methyl sites for hydroxylation is 1. The lowest BCUT2D eigenvalue weighted by molar-refractivity contribution is 0.585. The van der Waals surface area contributed by atoms with Crippen molar-refractivity contribution in [1.82, 2.24) is 15.2 Å². The van der Waals surface area contributed by atoms with Crippen LogP contribution in [0.2, 0.25) is 0 Å². The second kappa shape index (κ2) is 12.7. The molecule has 0 aliphatic carbocycles. The standard InChI is InChI=1S/C18H32N4O/c1-3-5-6-8-13-20-18(19-4-2)21-14-9-11-16-22-15-10-7-12-17(22)23/h7,10,12,15H,3-6,8-9,11,13-14,16H2,1-2H3,(H2,19,20,21). The first kappa shape index (κ1) is 19.3. The fourth-order valence-electron chi connectivity index (χ4n) is 2.33. The van der Waals surface area contributed by atoms with Crippen molar-refractivity contribution >= 4 is 5.96 Å². The molecule has 0 aliphatic heterocycles. The molecule has 0 amide bonds. The summed E-state index contributed by atoms with van der Waals surface area (Å²) in [5, 5.41) is 6.64. The molecule has 2 N–H and O–H groups in total. The number of hydrogen-bond donors (Lipinski definition) is 2. The Morgan fingerprint density at radius 1 is 1.09 bits per heavy atom. The highest BCUT2D eigenvalue weighted by atomic mass is 16.1. The summed E-state index contributed by atoms with van der Waals surface area (Å²) in [6.07, 6.45) is 8.80. The van der Waals surface area contributed by atoms with Crippen LogP contribution in [0.4, 0.5) is 0 Å². The van der Waals surface area contributed by atoms with Gasteiger partial charge in [0.1, 0.15) is 0 Å². The molecular formula is C18H32N4O. The molecule has 5 heteroatoms. The number of hydrogen-bond acceptors (Lipinski definition) is 2. The van der Waals surface area contributed by atoms with Gasteiger partial charge in [-0.15, -0.1) is 0 Å². The predicted octanol–water partition coefficient (Wildman–Crippen LogP) is 2.76. The van der Waals surface area contributed by atoms with Crippen LogP contribution in [-0.4, -0.2) is 30.2 Å². The summed E-state index contributed by atoms with van der Waals surface area (Å²) in [6, 6.07) is 5.28. The molecule has 1 heterocycles. The molecule has 0 fully saturated rings. The van der Waals surface area contributed by atoms with Crippen molar-refractivity contribution in [2.24, 2.45) is 4.99 Å². The third-order valence-electron chi connectivity index (χ3n) is 3.64. The van der Waals surface area contributed by atoms with Crippen molar-refractivity contribution in [3.63, 3.8) is 0 Å². The fraction of sp³-hybridized carbons (Fsp3) is 0.667. The number of rotatable bonds is 11. The zero-order valence-electron chi connectivity index (χ0n) is 14.7. The summed E-state index contributed by atoms with van der Waals surface area (Å²) in [5.74, 6) is 0.904. The van der Waals surface area contributed by atoms with Gasteiger partial charge in [0.2, 0.25) is 5.56 Å². The van der Waals surface area contributed by atoms with Crippen molar-refractivity contribution in [3.8, 4) is 0 Å². The van der Waals surface area contributed by atoms with Crippen LogP contribution in [-0.2, 0) is 6.54 Å². The van der Waals surface area contributed by atoms with Gasteiger partial charge in [0.25, 0.3) is 0 Å². The van der Waals surface area contributed by atoms with E-state index in [1.807, 2.05) is 12.3 Å². The van der Waals surface area contributed by atoms with Gasteiger partial charge in [0.15, 0.2) is 5.96 Å². The molecule has 0 atom stereocenters. The molecule has 1 aromatic rings. The topological polar surface area (TPSA) is 58.4 Å². The summed E-state index contributed by atoms with van der Waals surface area (Å²) >= 11 is 0. The third kappa shape index (κ3) is 9.06. The van der Waals surface area contributed by atoms with Crippen molar-refractivity contribution < 1.29 is 0 Å². The second-order valence-electron chi connectivity index (χ2n) is 5.69. The van der Waals surface area contributed by atoms with Crippen LogP contribution in [0.1, 0.15) is 52.4 Å². The molecule has 0 aliphatic rings. The molecule has 0 saturated heterocycles. The maximum atomic E-state index is 11.6.